The first-order chi connectivity index (χ1) is 9.76. The topological polar surface area (TPSA) is 49.8 Å². The molecule has 0 spiro atoms. The highest BCUT2D eigenvalue weighted by molar-refractivity contribution is 5.71. The van der Waals surface area contributed by atoms with Crippen LogP contribution in [-0.4, -0.2) is 29.8 Å². The lowest BCUT2D eigenvalue weighted by Gasteiger charge is -2.34. The second-order valence-corrected chi connectivity index (χ2v) is 6.79. The summed E-state index contributed by atoms with van der Waals surface area (Å²) < 4.78 is 5.87. The van der Waals surface area contributed by atoms with Gasteiger partial charge in [0, 0.05) is 18.8 Å². The van der Waals surface area contributed by atoms with E-state index in [0.29, 0.717) is 6.54 Å². The van der Waals surface area contributed by atoms with Crippen LogP contribution in [-0.2, 0) is 4.79 Å². The normalized spacial score (nSPS) is 19.4. The van der Waals surface area contributed by atoms with Crippen LogP contribution in [0.5, 0.6) is 5.75 Å². The Morgan fingerprint density at radius 3 is 2.67 bits per heavy atom. The number of hydrogen-bond acceptors (Lipinski definition) is 3. The van der Waals surface area contributed by atoms with Gasteiger partial charge in [-0.15, -0.1) is 0 Å². The summed E-state index contributed by atoms with van der Waals surface area (Å²) in [6.07, 6.45) is 1.70. The molecule has 0 amide bonds. The maximum absolute atomic E-state index is 11.2. The summed E-state index contributed by atoms with van der Waals surface area (Å²) in [5.41, 5.74) is 2.03. The summed E-state index contributed by atoms with van der Waals surface area (Å²) in [5, 5.41) is 9.20. The van der Waals surface area contributed by atoms with Crippen LogP contribution in [0.2, 0.25) is 0 Å². The van der Waals surface area contributed by atoms with Gasteiger partial charge >= 0.3 is 5.97 Å². The highest BCUT2D eigenvalue weighted by Gasteiger charge is 2.26. The Hall–Kier alpha value is -1.71. The molecule has 0 aliphatic carbocycles. The van der Waals surface area contributed by atoms with Gasteiger partial charge in [-0.25, -0.2) is 0 Å². The molecule has 0 saturated carbocycles. The number of carbonyl (C=O) groups is 1. The van der Waals surface area contributed by atoms with Crippen molar-refractivity contribution in [3.05, 3.63) is 23.8 Å². The van der Waals surface area contributed by atoms with Gasteiger partial charge in [-0.1, -0.05) is 0 Å². The van der Waals surface area contributed by atoms with E-state index >= 15 is 0 Å². The van der Waals surface area contributed by atoms with Gasteiger partial charge in [0.25, 0.3) is 0 Å². The summed E-state index contributed by atoms with van der Waals surface area (Å²) in [4.78, 5) is 13.4. The van der Waals surface area contributed by atoms with Gasteiger partial charge in [-0.2, -0.15) is 0 Å². The van der Waals surface area contributed by atoms with E-state index < -0.39 is 5.97 Å². The van der Waals surface area contributed by atoms with E-state index in [1.165, 1.54) is 0 Å². The molecule has 0 bridgehead atoms. The van der Waals surface area contributed by atoms with E-state index in [2.05, 4.69) is 11.8 Å². The van der Waals surface area contributed by atoms with Crippen LogP contribution in [0.1, 0.15) is 39.2 Å². The van der Waals surface area contributed by atoms with Gasteiger partial charge in [0.15, 0.2) is 0 Å². The van der Waals surface area contributed by atoms with Crippen LogP contribution in [0.25, 0.3) is 0 Å². The minimum Gasteiger partial charge on any atom is -0.488 e. The van der Waals surface area contributed by atoms with Crippen molar-refractivity contribution < 1.29 is 14.6 Å². The summed E-state index contributed by atoms with van der Waals surface area (Å²) in [7, 11) is 0. The average molecular weight is 291 g/mol. The van der Waals surface area contributed by atoms with Crippen molar-refractivity contribution in [3.8, 4) is 5.75 Å². The molecule has 0 aromatic heterocycles. The number of benzene rings is 1. The van der Waals surface area contributed by atoms with Crippen molar-refractivity contribution in [2.75, 3.05) is 18.0 Å². The number of hydrogen-bond donors (Lipinski definition) is 1. The number of piperidine rings is 1. The third-order valence-corrected chi connectivity index (χ3v) is 3.70. The smallest absolute Gasteiger partial charge is 0.308 e. The highest BCUT2D eigenvalue weighted by atomic mass is 16.5. The highest BCUT2D eigenvalue weighted by Crippen LogP contribution is 2.30. The Kier molecular flexibility index (Phi) is 4.45. The number of carboxylic acid groups (broad SMARTS) is 1. The van der Waals surface area contributed by atoms with Crippen molar-refractivity contribution in [2.24, 2.45) is 5.92 Å². The molecule has 1 aromatic rings. The molecule has 1 aliphatic rings. The van der Waals surface area contributed by atoms with Crippen molar-refractivity contribution in [2.45, 2.75) is 46.1 Å². The van der Waals surface area contributed by atoms with E-state index in [0.717, 1.165) is 36.4 Å². The van der Waals surface area contributed by atoms with Crippen molar-refractivity contribution in [1.29, 1.82) is 0 Å². The maximum Gasteiger partial charge on any atom is 0.308 e. The molecule has 1 saturated heterocycles. The van der Waals surface area contributed by atoms with Crippen LogP contribution >= 0.6 is 0 Å². The number of nitrogens with zero attached hydrogens (tertiary/aromatic N) is 1. The minimum absolute atomic E-state index is 0.215. The predicted molar refractivity (Wildman–Crippen MR) is 84.1 cm³/mol. The van der Waals surface area contributed by atoms with Crippen LogP contribution in [0, 0.1) is 12.8 Å². The van der Waals surface area contributed by atoms with Crippen LogP contribution in [0.3, 0.4) is 0 Å². The van der Waals surface area contributed by atoms with Gasteiger partial charge in [0.1, 0.15) is 11.4 Å². The fraction of sp³-hybridized carbons (Fsp3) is 0.588. The Bertz CT molecular complexity index is 519. The number of aliphatic carboxylic acids is 1. The molecule has 2 rings (SSSR count). The zero-order valence-electron chi connectivity index (χ0n) is 13.3. The van der Waals surface area contributed by atoms with E-state index in [1.807, 2.05) is 39.0 Å². The lowest BCUT2D eigenvalue weighted by Crippen LogP contribution is -2.39. The second-order valence-electron chi connectivity index (χ2n) is 6.79. The molecule has 1 N–H and O–H groups in total. The molecular weight excluding hydrogens is 266 g/mol. The first-order valence-corrected chi connectivity index (χ1v) is 7.54. The third-order valence-electron chi connectivity index (χ3n) is 3.70. The van der Waals surface area contributed by atoms with Crippen LogP contribution in [0.4, 0.5) is 5.69 Å². The van der Waals surface area contributed by atoms with E-state index in [-0.39, 0.29) is 11.5 Å². The largest absolute Gasteiger partial charge is 0.488 e. The van der Waals surface area contributed by atoms with Crippen molar-refractivity contribution >= 4 is 11.7 Å². The number of carboxylic acids is 1. The van der Waals surface area contributed by atoms with Gasteiger partial charge in [0.2, 0.25) is 0 Å². The summed E-state index contributed by atoms with van der Waals surface area (Å²) in [6, 6.07) is 6.05. The monoisotopic (exact) mass is 291 g/mol. The maximum atomic E-state index is 11.2. The lowest BCUT2D eigenvalue weighted by molar-refractivity contribution is -0.141. The Morgan fingerprint density at radius 2 is 2.10 bits per heavy atom. The summed E-state index contributed by atoms with van der Waals surface area (Å²) in [6.45, 7) is 9.64. The van der Waals surface area contributed by atoms with Gasteiger partial charge in [-0.05, 0) is 64.3 Å². The molecule has 1 heterocycles. The van der Waals surface area contributed by atoms with Crippen molar-refractivity contribution in [1.82, 2.24) is 0 Å². The Labute approximate surface area is 126 Å². The van der Waals surface area contributed by atoms with E-state index in [1.54, 1.807) is 0 Å². The molecular formula is C17H25NO3. The SMILES string of the molecule is Cc1cc(OC(C)(C)C)ccc1N1CCCC(C(=O)O)C1. The Balaban J connectivity index is 2.15. The van der Waals surface area contributed by atoms with Crippen LogP contribution < -0.4 is 9.64 Å². The summed E-state index contributed by atoms with van der Waals surface area (Å²) >= 11 is 0. The number of aryl methyl sites for hydroxylation is 1. The lowest BCUT2D eigenvalue weighted by atomic mass is 9.97. The molecule has 21 heavy (non-hydrogen) atoms. The molecule has 116 valence electrons. The van der Waals surface area contributed by atoms with E-state index in [9.17, 15) is 9.90 Å². The second kappa shape index (κ2) is 5.96. The molecule has 1 atom stereocenters. The first-order valence-electron chi connectivity index (χ1n) is 7.54. The fourth-order valence-electron chi connectivity index (χ4n) is 2.80. The van der Waals surface area contributed by atoms with Crippen molar-refractivity contribution in [3.63, 3.8) is 0 Å². The minimum atomic E-state index is -0.690. The summed E-state index contributed by atoms with van der Waals surface area (Å²) in [5.74, 6) is -0.0933. The molecule has 4 heteroatoms. The standard InChI is InChI=1S/C17H25NO3/c1-12-10-14(21-17(2,3)4)7-8-15(12)18-9-5-6-13(11-18)16(19)20/h7-8,10,13H,5-6,9,11H2,1-4H3,(H,19,20). The number of rotatable bonds is 3. The van der Waals surface area contributed by atoms with E-state index in [4.69, 9.17) is 4.74 Å². The Morgan fingerprint density at radius 1 is 1.38 bits per heavy atom. The van der Waals surface area contributed by atoms with Gasteiger partial charge < -0.3 is 14.7 Å². The molecule has 1 fully saturated rings. The zero-order chi connectivity index (χ0) is 15.6. The molecule has 1 unspecified atom stereocenters. The van der Waals surface area contributed by atoms with Gasteiger partial charge in [-0.3, -0.25) is 4.79 Å². The van der Waals surface area contributed by atoms with Crippen LogP contribution in [0.15, 0.2) is 18.2 Å². The zero-order valence-corrected chi connectivity index (χ0v) is 13.3. The fourth-order valence-corrected chi connectivity index (χ4v) is 2.80. The van der Waals surface area contributed by atoms with Gasteiger partial charge in [0.05, 0.1) is 5.92 Å². The average Bonchev–Trinajstić information content (AvgIpc) is 2.37. The molecule has 1 aromatic carbocycles. The molecule has 1 aliphatic heterocycles. The predicted octanol–water partition coefficient (Wildman–Crippen LogP) is 3.47. The molecule has 0 radical (unpaired) electrons. The first kappa shape index (κ1) is 15.7. The third kappa shape index (κ3) is 4.13. The molecule has 4 nitrogen and oxygen atoms in total. The number of ether oxygens (including phenoxy) is 1. The number of anilines is 1. The quantitative estimate of drug-likeness (QED) is 0.926.